The highest BCUT2D eigenvalue weighted by Crippen LogP contribution is 2.65. The fraction of sp³-hybridized carbons (Fsp3) is 0.806. The lowest BCUT2D eigenvalue weighted by molar-refractivity contribution is -0.152. The maximum atomic E-state index is 12.9. The number of allylic oxidation sites excluding steroid dienone is 1. The van der Waals surface area contributed by atoms with Gasteiger partial charge in [-0.25, -0.2) is 0 Å². The minimum absolute atomic E-state index is 0.0246. The summed E-state index contributed by atoms with van der Waals surface area (Å²) in [4.78, 5) is 47.8. The number of hydrogen-bond donors (Lipinski definition) is 1. The van der Waals surface area contributed by atoms with Gasteiger partial charge in [0.1, 0.15) is 12.2 Å². The van der Waals surface area contributed by atoms with E-state index in [1.54, 1.807) is 0 Å². The SMILES string of the molecule is CC(=O)N[C@@H]1[C@H](OC(=O)CC[C@@H](C)COC(C)=O)C[C@@H]2[C@H]3CC=C4C[C@@H](OC(C)=O)CC[C@]4(C)[C@@H]3CC[C@@]21C. The molecule has 0 radical (unpaired) electrons. The van der Waals surface area contributed by atoms with Crippen molar-refractivity contribution in [3.8, 4) is 0 Å². The average Bonchev–Trinajstić information content (AvgIpc) is 3.12. The Hall–Kier alpha value is -2.38. The molecule has 4 aliphatic carbocycles. The van der Waals surface area contributed by atoms with Crippen LogP contribution in [0, 0.1) is 34.5 Å². The van der Waals surface area contributed by atoms with E-state index in [0.29, 0.717) is 30.8 Å². The van der Waals surface area contributed by atoms with Crippen molar-refractivity contribution in [2.45, 2.75) is 118 Å². The molecule has 0 bridgehead atoms. The number of ether oxygens (including phenoxy) is 3. The Morgan fingerprint density at radius 3 is 2.44 bits per heavy atom. The van der Waals surface area contributed by atoms with E-state index in [1.165, 1.54) is 26.3 Å². The molecule has 1 amide bonds. The number of rotatable bonds is 8. The summed E-state index contributed by atoms with van der Waals surface area (Å²) in [5.74, 6) is 0.521. The second kappa shape index (κ2) is 11.6. The van der Waals surface area contributed by atoms with Crippen molar-refractivity contribution < 1.29 is 33.4 Å². The van der Waals surface area contributed by atoms with Crippen molar-refractivity contribution in [1.82, 2.24) is 5.32 Å². The lowest BCUT2D eigenvalue weighted by atomic mass is 9.48. The quantitative estimate of drug-likeness (QED) is 0.263. The van der Waals surface area contributed by atoms with Gasteiger partial charge in [-0.15, -0.1) is 0 Å². The Bertz CT molecular complexity index is 1010. The van der Waals surface area contributed by atoms with E-state index in [0.717, 1.165) is 44.9 Å². The molecule has 0 aromatic rings. The molecule has 0 aliphatic heterocycles. The zero-order valence-corrected chi connectivity index (χ0v) is 24.5. The van der Waals surface area contributed by atoms with Crippen LogP contribution in [0.1, 0.15) is 99.3 Å². The Morgan fingerprint density at radius 1 is 1.03 bits per heavy atom. The van der Waals surface area contributed by atoms with Gasteiger partial charge in [0.25, 0.3) is 0 Å². The first kappa shape index (κ1) is 29.6. The Balaban J connectivity index is 1.47. The number of hydrogen-bond acceptors (Lipinski definition) is 7. The van der Waals surface area contributed by atoms with Crippen molar-refractivity contribution in [3.05, 3.63) is 11.6 Å². The van der Waals surface area contributed by atoms with Gasteiger partial charge in [-0.3, -0.25) is 19.2 Å². The molecule has 218 valence electrons. The summed E-state index contributed by atoms with van der Waals surface area (Å²) in [6, 6.07) is -0.207. The van der Waals surface area contributed by atoms with Gasteiger partial charge >= 0.3 is 17.9 Å². The van der Waals surface area contributed by atoms with Crippen LogP contribution in [0.15, 0.2) is 11.6 Å². The first-order chi connectivity index (χ1) is 18.3. The van der Waals surface area contributed by atoms with E-state index < -0.39 is 0 Å². The fourth-order valence-electron chi connectivity index (χ4n) is 8.48. The molecule has 3 fully saturated rings. The molecule has 3 saturated carbocycles. The number of carbonyl (C=O) groups is 4. The molecule has 9 atom stereocenters. The van der Waals surface area contributed by atoms with Crippen molar-refractivity contribution in [1.29, 1.82) is 0 Å². The smallest absolute Gasteiger partial charge is 0.306 e. The molecule has 0 unspecified atom stereocenters. The van der Waals surface area contributed by atoms with Gasteiger partial charge in [-0.2, -0.15) is 0 Å². The zero-order chi connectivity index (χ0) is 28.5. The van der Waals surface area contributed by atoms with Crippen molar-refractivity contribution >= 4 is 23.8 Å². The summed E-state index contributed by atoms with van der Waals surface area (Å²) in [6.07, 6.45) is 9.38. The Kier molecular flexibility index (Phi) is 8.82. The van der Waals surface area contributed by atoms with Crippen LogP contribution in [-0.4, -0.2) is 48.7 Å². The number of amides is 1. The predicted octanol–water partition coefficient (Wildman–Crippen LogP) is 4.89. The highest BCUT2D eigenvalue weighted by Gasteiger charge is 2.62. The third-order valence-electron chi connectivity index (χ3n) is 10.5. The molecule has 8 nitrogen and oxygen atoms in total. The van der Waals surface area contributed by atoms with E-state index in [9.17, 15) is 19.2 Å². The van der Waals surface area contributed by atoms with Gasteiger partial charge in [-0.05, 0) is 79.4 Å². The van der Waals surface area contributed by atoms with E-state index in [2.05, 4.69) is 25.2 Å². The standard InChI is InChI=1S/C31H47NO7/c1-18(17-37-20(3)34)7-10-28(36)39-27-16-26-24-9-8-22-15-23(38-21(4)35)11-13-30(22,5)25(24)12-14-31(26,6)29(27)32-19(2)33/h8,18,23-27,29H,7,9-17H2,1-6H3,(H,32,33)/t18-,23+,24+,25-,26-,27-,29-,30+,31+/m1/s1. The minimum Gasteiger partial charge on any atom is -0.466 e. The van der Waals surface area contributed by atoms with Crippen LogP contribution in [-0.2, 0) is 33.4 Å². The second-order valence-electron chi connectivity index (χ2n) is 13.2. The molecule has 8 heteroatoms. The van der Waals surface area contributed by atoms with E-state index in [1.807, 2.05) is 6.92 Å². The first-order valence-electron chi connectivity index (χ1n) is 14.8. The Morgan fingerprint density at radius 2 is 1.77 bits per heavy atom. The fourth-order valence-corrected chi connectivity index (χ4v) is 8.48. The van der Waals surface area contributed by atoms with Gasteiger partial charge < -0.3 is 19.5 Å². The zero-order valence-electron chi connectivity index (χ0n) is 24.5. The molecule has 0 saturated heterocycles. The summed E-state index contributed by atoms with van der Waals surface area (Å²) >= 11 is 0. The molecule has 0 spiro atoms. The van der Waals surface area contributed by atoms with E-state index in [4.69, 9.17) is 14.2 Å². The van der Waals surface area contributed by atoms with Gasteiger partial charge in [0.05, 0.1) is 12.6 Å². The lowest BCUT2D eigenvalue weighted by Gasteiger charge is -2.57. The van der Waals surface area contributed by atoms with Gasteiger partial charge in [0, 0.05) is 33.6 Å². The van der Waals surface area contributed by atoms with Crippen molar-refractivity contribution in [2.24, 2.45) is 34.5 Å². The van der Waals surface area contributed by atoms with E-state index >= 15 is 0 Å². The molecule has 1 N–H and O–H groups in total. The third kappa shape index (κ3) is 6.19. The van der Waals surface area contributed by atoms with E-state index in [-0.39, 0.29) is 65.2 Å². The summed E-state index contributed by atoms with van der Waals surface area (Å²) in [5.41, 5.74) is 1.39. The molecular formula is C31H47NO7. The van der Waals surface area contributed by atoms with Crippen LogP contribution in [0.3, 0.4) is 0 Å². The maximum absolute atomic E-state index is 12.9. The van der Waals surface area contributed by atoms with Crippen molar-refractivity contribution in [2.75, 3.05) is 6.61 Å². The molecule has 39 heavy (non-hydrogen) atoms. The summed E-state index contributed by atoms with van der Waals surface area (Å²) in [6.45, 7) is 11.3. The topological polar surface area (TPSA) is 108 Å². The molecular weight excluding hydrogens is 498 g/mol. The minimum atomic E-state index is -0.350. The highest BCUT2D eigenvalue weighted by atomic mass is 16.5. The van der Waals surface area contributed by atoms with Crippen LogP contribution in [0.25, 0.3) is 0 Å². The largest absolute Gasteiger partial charge is 0.466 e. The van der Waals surface area contributed by atoms with Crippen LogP contribution < -0.4 is 5.32 Å². The summed E-state index contributed by atoms with van der Waals surface area (Å²) in [5, 5.41) is 3.18. The Labute approximate surface area is 233 Å². The second-order valence-corrected chi connectivity index (χ2v) is 13.2. The monoisotopic (exact) mass is 545 g/mol. The maximum Gasteiger partial charge on any atom is 0.306 e. The predicted molar refractivity (Wildman–Crippen MR) is 145 cm³/mol. The summed E-state index contributed by atoms with van der Waals surface area (Å²) in [7, 11) is 0. The molecule has 4 aliphatic rings. The van der Waals surface area contributed by atoms with Crippen molar-refractivity contribution in [3.63, 3.8) is 0 Å². The molecule has 0 heterocycles. The molecule has 0 aromatic carbocycles. The number of esters is 3. The van der Waals surface area contributed by atoms with Gasteiger partial charge in [0.15, 0.2) is 0 Å². The summed E-state index contributed by atoms with van der Waals surface area (Å²) < 4.78 is 16.7. The van der Waals surface area contributed by atoms with Gasteiger partial charge in [-0.1, -0.05) is 32.4 Å². The average molecular weight is 546 g/mol. The normalized spacial score (nSPS) is 37.7. The van der Waals surface area contributed by atoms with Crippen LogP contribution in [0.5, 0.6) is 0 Å². The number of fused-ring (bicyclic) bond motifs is 5. The number of nitrogens with one attached hydrogen (secondary N) is 1. The number of carbonyl (C=O) groups excluding carboxylic acids is 4. The van der Waals surface area contributed by atoms with Gasteiger partial charge in [0.2, 0.25) is 5.91 Å². The van der Waals surface area contributed by atoms with Crippen LogP contribution in [0.4, 0.5) is 0 Å². The molecule has 4 rings (SSSR count). The van der Waals surface area contributed by atoms with Crippen LogP contribution >= 0.6 is 0 Å². The highest BCUT2D eigenvalue weighted by molar-refractivity contribution is 5.74. The lowest BCUT2D eigenvalue weighted by Crippen LogP contribution is -2.55. The first-order valence-corrected chi connectivity index (χ1v) is 14.8. The third-order valence-corrected chi connectivity index (χ3v) is 10.5. The van der Waals surface area contributed by atoms with Crippen LogP contribution in [0.2, 0.25) is 0 Å². The molecule has 0 aromatic heterocycles.